The Balaban J connectivity index is 3.20. The highest BCUT2D eigenvalue weighted by Gasteiger charge is 2.07. The van der Waals surface area contributed by atoms with Gasteiger partial charge < -0.3 is 0 Å². The van der Waals surface area contributed by atoms with Crippen molar-refractivity contribution in [1.82, 2.24) is 0 Å². The van der Waals surface area contributed by atoms with Crippen LogP contribution in [0.2, 0.25) is 0 Å². The van der Waals surface area contributed by atoms with E-state index in [1.807, 2.05) is 26.0 Å². The minimum Gasteiger partial charge on any atom is -0.294 e. The zero-order valence-corrected chi connectivity index (χ0v) is 10.7. The maximum atomic E-state index is 11.4. The van der Waals surface area contributed by atoms with Crippen molar-refractivity contribution in [3.8, 4) is 0 Å². The Labute approximate surface area is 94.8 Å². The number of ketones is 1. The number of halogens is 2. The van der Waals surface area contributed by atoms with Crippen LogP contribution in [-0.2, 0) is 0 Å². The number of hydrogen-bond donors (Lipinski definition) is 0. The van der Waals surface area contributed by atoms with E-state index in [4.69, 9.17) is 0 Å². The van der Waals surface area contributed by atoms with Crippen LogP contribution < -0.4 is 0 Å². The molecule has 0 fully saturated rings. The van der Waals surface area contributed by atoms with Crippen LogP contribution in [-0.4, -0.2) is 5.78 Å². The molecule has 1 aromatic carbocycles. The molecule has 0 saturated carbocycles. The van der Waals surface area contributed by atoms with Gasteiger partial charge in [-0.1, -0.05) is 38.8 Å². The fraction of sp³-hybridized carbons (Fsp3) is 0.300. The largest absolute Gasteiger partial charge is 0.294 e. The number of hydrogen-bond acceptors (Lipinski definition) is 1. The number of Topliss-reactive ketones (excluding diaryl/α,β-unsaturated/α-hetero) is 1. The molecule has 0 aliphatic carbocycles. The molecule has 1 rings (SSSR count). The molecule has 0 spiro atoms. The second-order valence-corrected chi connectivity index (χ2v) is 4.55. The molecule has 1 aromatic rings. The summed E-state index contributed by atoms with van der Waals surface area (Å²) >= 11 is 6.82. The number of rotatable bonds is 2. The molecule has 0 aromatic heterocycles. The molecule has 0 N–H and O–H groups in total. The van der Waals surface area contributed by atoms with Crippen molar-refractivity contribution >= 4 is 37.6 Å². The molecule has 0 bridgehead atoms. The highest BCUT2D eigenvalue weighted by Crippen LogP contribution is 2.26. The summed E-state index contributed by atoms with van der Waals surface area (Å²) in [4.78, 5) is 11.4. The lowest BCUT2D eigenvalue weighted by molar-refractivity contribution is 0.0988. The Morgan fingerprint density at radius 3 is 2.15 bits per heavy atom. The molecular weight excluding hydrogens is 296 g/mol. The van der Waals surface area contributed by atoms with Crippen LogP contribution in [0.1, 0.15) is 29.3 Å². The Bertz CT molecular complexity index is 322. The standard InChI is InChI=1S/C10H10Br2O/c1-3-10(13)7-4-8(11)6(2)9(12)5-7/h4-5H,3H2,1-2H3. The lowest BCUT2D eigenvalue weighted by Crippen LogP contribution is -1.97. The first-order valence-electron chi connectivity index (χ1n) is 4.05. The normalized spacial score (nSPS) is 10.2. The van der Waals surface area contributed by atoms with Crippen LogP contribution >= 0.6 is 31.9 Å². The van der Waals surface area contributed by atoms with Crippen LogP contribution in [0.3, 0.4) is 0 Å². The van der Waals surface area contributed by atoms with Gasteiger partial charge in [0.15, 0.2) is 5.78 Å². The third-order valence-corrected chi connectivity index (χ3v) is 3.57. The van der Waals surface area contributed by atoms with Gasteiger partial charge in [0.25, 0.3) is 0 Å². The van der Waals surface area contributed by atoms with E-state index in [1.165, 1.54) is 0 Å². The van der Waals surface area contributed by atoms with E-state index in [-0.39, 0.29) is 5.78 Å². The molecule has 0 aliphatic rings. The Kier molecular flexibility index (Phi) is 3.68. The Morgan fingerprint density at radius 1 is 1.31 bits per heavy atom. The summed E-state index contributed by atoms with van der Waals surface area (Å²) in [7, 11) is 0. The predicted octanol–water partition coefficient (Wildman–Crippen LogP) is 4.11. The van der Waals surface area contributed by atoms with E-state index in [0.717, 1.165) is 20.1 Å². The maximum absolute atomic E-state index is 11.4. The van der Waals surface area contributed by atoms with Crippen LogP contribution in [0.4, 0.5) is 0 Å². The Morgan fingerprint density at radius 2 is 1.77 bits per heavy atom. The first-order chi connectivity index (χ1) is 6.06. The third-order valence-electron chi connectivity index (χ3n) is 1.92. The van der Waals surface area contributed by atoms with Gasteiger partial charge in [0, 0.05) is 20.9 Å². The van der Waals surface area contributed by atoms with Gasteiger partial charge in [0.2, 0.25) is 0 Å². The van der Waals surface area contributed by atoms with Crippen molar-refractivity contribution in [2.24, 2.45) is 0 Å². The van der Waals surface area contributed by atoms with Crippen molar-refractivity contribution in [3.05, 3.63) is 32.2 Å². The van der Waals surface area contributed by atoms with Crippen LogP contribution in [0, 0.1) is 6.92 Å². The molecule has 1 nitrogen and oxygen atoms in total. The fourth-order valence-electron chi connectivity index (χ4n) is 1.01. The molecular formula is C10H10Br2O. The highest BCUT2D eigenvalue weighted by atomic mass is 79.9. The van der Waals surface area contributed by atoms with E-state index in [0.29, 0.717) is 6.42 Å². The minimum atomic E-state index is 0.168. The average molecular weight is 306 g/mol. The summed E-state index contributed by atoms with van der Waals surface area (Å²) in [6.45, 7) is 3.86. The van der Waals surface area contributed by atoms with Gasteiger partial charge in [-0.05, 0) is 24.6 Å². The second kappa shape index (κ2) is 4.38. The lowest BCUT2D eigenvalue weighted by atomic mass is 10.1. The van der Waals surface area contributed by atoms with Crippen LogP contribution in [0.25, 0.3) is 0 Å². The molecule has 0 heterocycles. The van der Waals surface area contributed by atoms with Gasteiger partial charge in [-0.3, -0.25) is 4.79 Å². The summed E-state index contributed by atoms with van der Waals surface area (Å²) in [5, 5.41) is 0. The summed E-state index contributed by atoms with van der Waals surface area (Å²) in [6.07, 6.45) is 0.544. The average Bonchev–Trinajstić information content (AvgIpc) is 2.12. The molecule has 0 amide bonds. The van der Waals surface area contributed by atoms with Crippen molar-refractivity contribution in [1.29, 1.82) is 0 Å². The van der Waals surface area contributed by atoms with E-state index in [2.05, 4.69) is 31.9 Å². The minimum absolute atomic E-state index is 0.168. The number of carbonyl (C=O) groups excluding carboxylic acids is 1. The van der Waals surface area contributed by atoms with Crippen molar-refractivity contribution < 1.29 is 4.79 Å². The summed E-state index contributed by atoms with van der Waals surface area (Å²) in [5.41, 5.74) is 1.87. The van der Waals surface area contributed by atoms with Crippen molar-refractivity contribution in [3.63, 3.8) is 0 Å². The summed E-state index contributed by atoms with van der Waals surface area (Å²) in [6, 6.07) is 3.73. The van der Waals surface area contributed by atoms with E-state index >= 15 is 0 Å². The maximum Gasteiger partial charge on any atom is 0.162 e. The fourth-order valence-corrected chi connectivity index (χ4v) is 2.20. The van der Waals surface area contributed by atoms with E-state index in [1.54, 1.807) is 0 Å². The second-order valence-electron chi connectivity index (χ2n) is 2.84. The third kappa shape index (κ3) is 2.41. The van der Waals surface area contributed by atoms with Gasteiger partial charge in [-0.2, -0.15) is 0 Å². The SMILES string of the molecule is CCC(=O)c1cc(Br)c(C)c(Br)c1. The molecule has 0 atom stereocenters. The van der Waals surface area contributed by atoms with E-state index in [9.17, 15) is 4.79 Å². The molecule has 13 heavy (non-hydrogen) atoms. The van der Waals surface area contributed by atoms with Gasteiger partial charge in [0.05, 0.1) is 0 Å². The summed E-state index contributed by atoms with van der Waals surface area (Å²) in [5.74, 6) is 0.168. The first kappa shape index (κ1) is 10.9. The van der Waals surface area contributed by atoms with Crippen molar-refractivity contribution in [2.45, 2.75) is 20.3 Å². The monoisotopic (exact) mass is 304 g/mol. The van der Waals surface area contributed by atoms with E-state index < -0.39 is 0 Å². The number of carbonyl (C=O) groups is 1. The quantitative estimate of drug-likeness (QED) is 0.751. The van der Waals surface area contributed by atoms with Gasteiger partial charge >= 0.3 is 0 Å². The number of benzene rings is 1. The Hall–Kier alpha value is -0.150. The molecule has 0 aliphatic heterocycles. The molecule has 70 valence electrons. The van der Waals surface area contributed by atoms with Gasteiger partial charge in [-0.25, -0.2) is 0 Å². The van der Waals surface area contributed by atoms with Gasteiger partial charge in [0.1, 0.15) is 0 Å². The van der Waals surface area contributed by atoms with Crippen LogP contribution in [0.5, 0.6) is 0 Å². The molecule has 0 unspecified atom stereocenters. The predicted molar refractivity (Wildman–Crippen MR) is 61.2 cm³/mol. The topological polar surface area (TPSA) is 17.1 Å². The lowest BCUT2D eigenvalue weighted by Gasteiger charge is -2.04. The molecule has 0 saturated heterocycles. The first-order valence-corrected chi connectivity index (χ1v) is 5.63. The smallest absolute Gasteiger partial charge is 0.162 e. The molecule has 0 radical (unpaired) electrons. The van der Waals surface area contributed by atoms with Gasteiger partial charge in [-0.15, -0.1) is 0 Å². The highest BCUT2D eigenvalue weighted by molar-refractivity contribution is 9.11. The summed E-state index contributed by atoms with van der Waals surface area (Å²) < 4.78 is 1.94. The zero-order valence-electron chi connectivity index (χ0n) is 7.53. The van der Waals surface area contributed by atoms with Crippen molar-refractivity contribution in [2.75, 3.05) is 0 Å². The zero-order chi connectivity index (χ0) is 10.0. The molecule has 3 heteroatoms. The van der Waals surface area contributed by atoms with Crippen LogP contribution in [0.15, 0.2) is 21.1 Å².